The molecule has 0 aliphatic rings. The van der Waals surface area contributed by atoms with E-state index in [2.05, 4.69) is 40.0 Å². The van der Waals surface area contributed by atoms with Crippen LogP contribution in [0.4, 0.5) is 5.82 Å². The molecule has 0 aliphatic heterocycles. The normalized spacial score (nSPS) is 10.8. The van der Waals surface area contributed by atoms with Crippen molar-refractivity contribution in [2.45, 2.75) is 33.2 Å². The van der Waals surface area contributed by atoms with Crippen LogP contribution in [0.1, 0.15) is 26.1 Å². The van der Waals surface area contributed by atoms with Crippen LogP contribution in [-0.4, -0.2) is 32.2 Å². The summed E-state index contributed by atoms with van der Waals surface area (Å²) in [6.07, 6.45) is 4.05. The van der Waals surface area contributed by atoms with Crippen molar-refractivity contribution in [1.82, 2.24) is 19.6 Å². The Morgan fingerprint density at radius 1 is 1.44 bits per heavy atom. The van der Waals surface area contributed by atoms with E-state index >= 15 is 0 Å². The van der Waals surface area contributed by atoms with E-state index in [0.717, 1.165) is 17.3 Å². The molecule has 0 aliphatic carbocycles. The van der Waals surface area contributed by atoms with Gasteiger partial charge in [0.05, 0.1) is 12.5 Å². The van der Waals surface area contributed by atoms with Gasteiger partial charge in [-0.1, -0.05) is 0 Å². The highest BCUT2D eigenvalue weighted by Crippen LogP contribution is 2.19. The van der Waals surface area contributed by atoms with Crippen molar-refractivity contribution in [3.63, 3.8) is 0 Å². The molecular formula is C12H16N6. The molecule has 94 valence electrons. The van der Waals surface area contributed by atoms with Crippen molar-refractivity contribution in [3.8, 4) is 6.07 Å². The minimum Gasteiger partial charge on any atom is -0.350 e. The molecule has 18 heavy (non-hydrogen) atoms. The molecule has 0 N–H and O–H groups in total. The largest absolute Gasteiger partial charge is 0.350 e. The van der Waals surface area contributed by atoms with Gasteiger partial charge in [0.1, 0.15) is 5.82 Å². The topological polar surface area (TPSA) is 70.1 Å². The molecule has 0 amide bonds. The molecule has 2 aromatic rings. The molecule has 0 saturated heterocycles. The van der Waals surface area contributed by atoms with Crippen molar-refractivity contribution < 1.29 is 0 Å². The lowest BCUT2D eigenvalue weighted by Gasteiger charge is -2.26. The number of fused-ring (bicyclic) bond motifs is 1. The Morgan fingerprint density at radius 3 is 2.89 bits per heavy atom. The fourth-order valence-electron chi connectivity index (χ4n) is 1.91. The molecule has 2 rings (SSSR count). The van der Waals surface area contributed by atoms with E-state index in [1.165, 1.54) is 0 Å². The summed E-state index contributed by atoms with van der Waals surface area (Å²) in [5.41, 5.74) is 0.738. The van der Waals surface area contributed by atoms with E-state index in [-0.39, 0.29) is 6.04 Å². The van der Waals surface area contributed by atoms with Gasteiger partial charge in [-0.25, -0.2) is 4.98 Å². The monoisotopic (exact) mass is 244 g/mol. The quantitative estimate of drug-likeness (QED) is 0.816. The molecule has 2 aromatic heterocycles. The predicted molar refractivity (Wildman–Crippen MR) is 68.2 cm³/mol. The minimum absolute atomic E-state index is 0.258. The van der Waals surface area contributed by atoms with Crippen LogP contribution in [0.2, 0.25) is 0 Å². The average Bonchev–Trinajstić information content (AvgIpc) is 2.72. The van der Waals surface area contributed by atoms with Crippen molar-refractivity contribution in [2.24, 2.45) is 0 Å². The standard InChI is InChI=1S/C12H16N6/c1-9(2)17(7-4-5-13)11-12-16-15-10(3)18(12)8-6-14-11/h6,8-9H,4,7H2,1-3H3. The second-order valence-corrected chi connectivity index (χ2v) is 4.39. The Labute approximate surface area is 106 Å². The van der Waals surface area contributed by atoms with Crippen LogP contribution in [-0.2, 0) is 0 Å². The molecule has 0 fully saturated rings. The van der Waals surface area contributed by atoms with Gasteiger partial charge in [-0.2, -0.15) is 5.26 Å². The number of aryl methyl sites for hydroxylation is 1. The highest BCUT2D eigenvalue weighted by atomic mass is 15.3. The Hall–Kier alpha value is -2.16. The second-order valence-electron chi connectivity index (χ2n) is 4.39. The molecule has 0 saturated carbocycles. The zero-order chi connectivity index (χ0) is 13.1. The third kappa shape index (κ3) is 2.12. The number of hydrogen-bond donors (Lipinski definition) is 0. The Morgan fingerprint density at radius 2 is 2.22 bits per heavy atom. The first-order valence-corrected chi connectivity index (χ1v) is 5.95. The summed E-state index contributed by atoms with van der Waals surface area (Å²) < 4.78 is 1.91. The Bertz CT molecular complexity index is 580. The van der Waals surface area contributed by atoms with Gasteiger partial charge in [0.2, 0.25) is 5.65 Å². The zero-order valence-electron chi connectivity index (χ0n) is 10.8. The van der Waals surface area contributed by atoms with Gasteiger partial charge < -0.3 is 4.90 Å². The molecule has 2 heterocycles. The summed E-state index contributed by atoms with van der Waals surface area (Å²) in [7, 11) is 0. The molecule has 6 nitrogen and oxygen atoms in total. The van der Waals surface area contributed by atoms with E-state index in [9.17, 15) is 0 Å². The first-order chi connectivity index (χ1) is 8.65. The summed E-state index contributed by atoms with van der Waals surface area (Å²) in [5.74, 6) is 1.61. The van der Waals surface area contributed by atoms with Crippen molar-refractivity contribution in [3.05, 3.63) is 18.2 Å². The summed E-state index contributed by atoms with van der Waals surface area (Å²) >= 11 is 0. The maximum absolute atomic E-state index is 8.73. The molecule has 0 radical (unpaired) electrons. The van der Waals surface area contributed by atoms with Crippen LogP contribution < -0.4 is 4.90 Å². The average molecular weight is 244 g/mol. The van der Waals surface area contributed by atoms with E-state index in [1.54, 1.807) is 6.20 Å². The van der Waals surface area contributed by atoms with Crippen LogP contribution in [0.5, 0.6) is 0 Å². The van der Waals surface area contributed by atoms with Crippen LogP contribution in [0.3, 0.4) is 0 Å². The lowest BCUT2D eigenvalue weighted by Crippen LogP contribution is -2.32. The number of anilines is 1. The van der Waals surface area contributed by atoms with E-state index in [1.807, 2.05) is 17.5 Å². The first-order valence-electron chi connectivity index (χ1n) is 5.95. The van der Waals surface area contributed by atoms with Gasteiger partial charge in [0.25, 0.3) is 0 Å². The number of nitrogens with zero attached hydrogens (tertiary/aromatic N) is 6. The van der Waals surface area contributed by atoms with Gasteiger partial charge in [0, 0.05) is 25.0 Å². The van der Waals surface area contributed by atoms with Crippen LogP contribution >= 0.6 is 0 Å². The molecule has 0 bridgehead atoms. The maximum atomic E-state index is 8.73. The van der Waals surface area contributed by atoms with E-state index in [4.69, 9.17) is 5.26 Å². The van der Waals surface area contributed by atoms with Crippen LogP contribution in [0.15, 0.2) is 12.4 Å². The minimum atomic E-state index is 0.258. The van der Waals surface area contributed by atoms with Gasteiger partial charge in [-0.15, -0.1) is 10.2 Å². The molecule has 0 spiro atoms. The number of hydrogen-bond acceptors (Lipinski definition) is 5. The smallest absolute Gasteiger partial charge is 0.203 e. The number of nitriles is 1. The summed E-state index contributed by atoms with van der Waals surface area (Å²) in [4.78, 5) is 6.46. The first kappa shape index (κ1) is 12.3. The highest BCUT2D eigenvalue weighted by Gasteiger charge is 2.17. The van der Waals surface area contributed by atoms with E-state index < -0.39 is 0 Å². The van der Waals surface area contributed by atoms with E-state index in [0.29, 0.717) is 13.0 Å². The summed E-state index contributed by atoms with van der Waals surface area (Å²) in [6.45, 7) is 6.70. The maximum Gasteiger partial charge on any atom is 0.203 e. The van der Waals surface area contributed by atoms with Gasteiger partial charge >= 0.3 is 0 Å². The fourth-order valence-corrected chi connectivity index (χ4v) is 1.91. The summed E-state index contributed by atoms with van der Waals surface area (Å²) in [5, 5.41) is 16.9. The number of aromatic nitrogens is 4. The Balaban J connectivity index is 2.47. The predicted octanol–water partition coefficient (Wildman–Crippen LogP) is 1.56. The van der Waals surface area contributed by atoms with Crippen LogP contribution in [0.25, 0.3) is 5.65 Å². The lowest BCUT2D eigenvalue weighted by atomic mass is 10.3. The zero-order valence-corrected chi connectivity index (χ0v) is 10.8. The Kier molecular flexibility index (Phi) is 3.42. The second kappa shape index (κ2) is 5.00. The van der Waals surface area contributed by atoms with Crippen molar-refractivity contribution in [1.29, 1.82) is 5.26 Å². The lowest BCUT2D eigenvalue weighted by molar-refractivity contribution is 0.677. The number of rotatable bonds is 4. The molecule has 0 atom stereocenters. The fraction of sp³-hybridized carbons (Fsp3) is 0.500. The van der Waals surface area contributed by atoms with Crippen molar-refractivity contribution in [2.75, 3.05) is 11.4 Å². The summed E-state index contributed by atoms with van der Waals surface area (Å²) in [6, 6.07) is 2.42. The van der Waals surface area contributed by atoms with Gasteiger partial charge in [0.15, 0.2) is 5.82 Å². The van der Waals surface area contributed by atoms with Crippen molar-refractivity contribution >= 4 is 11.5 Å². The highest BCUT2D eigenvalue weighted by molar-refractivity contribution is 5.64. The van der Waals surface area contributed by atoms with Crippen LogP contribution in [0, 0.1) is 18.3 Å². The molecule has 0 unspecified atom stereocenters. The third-order valence-electron chi connectivity index (χ3n) is 2.84. The van der Waals surface area contributed by atoms with Gasteiger partial charge in [-0.05, 0) is 20.8 Å². The third-order valence-corrected chi connectivity index (χ3v) is 2.84. The molecular weight excluding hydrogens is 228 g/mol. The van der Waals surface area contributed by atoms with Gasteiger partial charge in [-0.3, -0.25) is 4.40 Å². The SMILES string of the molecule is Cc1nnc2c(N(CCC#N)C(C)C)nccn12. The molecule has 6 heteroatoms. The molecule has 0 aromatic carbocycles.